The summed E-state index contributed by atoms with van der Waals surface area (Å²) in [5, 5.41) is 0. The SMILES string of the molecule is NC(=O)C1CCCN(C(=O)COc2ccc(C3SCCCS3)cc2)C1. The zero-order chi connectivity index (χ0) is 17.6. The Balaban J connectivity index is 1.49. The van der Waals surface area contributed by atoms with Gasteiger partial charge < -0.3 is 15.4 Å². The summed E-state index contributed by atoms with van der Waals surface area (Å²) in [6.07, 6.45) is 2.85. The topological polar surface area (TPSA) is 72.6 Å². The number of piperidine rings is 1. The molecule has 25 heavy (non-hydrogen) atoms. The van der Waals surface area contributed by atoms with Crippen molar-refractivity contribution in [3.63, 3.8) is 0 Å². The van der Waals surface area contributed by atoms with Gasteiger partial charge in [-0.25, -0.2) is 0 Å². The van der Waals surface area contributed by atoms with Gasteiger partial charge in [0.25, 0.3) is 5.91 Å². The van der Waals surface area contributed by atoms with E-state index in [1.165, 1.54) is 23.5 Å². The van der Waals surface area contributed by atoms with Crippen molar-refractivity contribution in [2.45, 2.75) is 23.8 Å². The van der Waals surface area contributed by atoms with Crippen LogP contribution < -0.4 is 10.5 Å². The third-order valence-corrected chi connectivity index (χ3v) is 7.53. The molecule has 0 aliphatic carbocycles. The van der Waals surface area contributed by atoms with Crippen molar-refractivity contribution in [3.8, 4) is 5.75 Å². The third kappa shape index (κ3) is 5.07. The van der Waals surface area contributed by atoms with Gasteiger partial charge in [-0.2, -0.15) is 0 Å². The van der Waals surface area contributed by atoms with E-state index < -0.39 is 0 Å². The normalized spacial score (nSPS) is 21.8. The maximum absolute atomic E-state index is 12.3. The summed E-state index contributed by atoms with van der Waals surface area (Å²) in [6, 6.07) is 8.03. The lowest BCUT2D eigenvalue weighted by atomic mass is 9.97. The van der Waals surface area contributed by atoms with Crippen LogP contribution in [0.15, 0.2) is 24.3 Å². The first-order valence-corrected chi connectivity index (χ1v) is 10.8. The van der Waals surface area contributed by atoms with Crippen LogP contribution in [0.1, 0.15) is 29.4 Å². The number of nitrogens with zero attached hydrogens (tertiary/aromatic N) is 1. The number of rotatable bonds is 5. The van der Waals surface area contributed by atoms with E-state index >= 15 is 0 Å². The zero-order valence-corrected chi connectivity index (χ0v) is 15.8. The standard InChI is InChI=1S/C18H24N2O3S2/c19-17(22)14-3-1-8-20(11-14)16(21)12-23-15-6-4-13(5-7-15)18-24-9-2-10-25-18/h4-7,14,18H,1-3,8-12H2,(H2,19,22). The predicted octanol–water partition coefficient (Wildman–Crippen LogP) is 2.66. The third-order valence-electron chi connectivity index (χ3n) is 4.52. The first-order valence-electron chi connectivity index (χ1n) is 8.66. The summed E-state index contributed by atoms with van der Waals surface area (Å²) < 4.78 is 6.14. The fourth-order valence-electron chi connectivity index (χ4n) is 3.07. The minimum Gasteiger partial charge on any atom is -0.484 e. The second kappa shape index (κ2) is 8.85. The number of nitrogens with two attached hydrogens (primary N) is 1. The van der Waals surface area contributed by atoms with E-state index in [1.54, 1.807) is 4.90 Å². The molecule has 7 heteroatoms. The van der Waals surface area contributed by atoms with E-state index in [0.717, 1.165) is 12.8 Å². The lowest BCUT2D eigenvalue weighted by molar-refractivity contribution is -0.136. The Hall–Kier alpha value is -1.34. The molecule has 0 radical (unpaired) electrons. The van der Waals surface area contributed by atoms with E-state index in [0.29, 0.717) is 23.4 Å². The summed E-state index contributed by atoms with van der Waals surface area (Å²) in [6.45, 7) is 1.07. The number of primary amides is 1. The van der Waals surface area contributed by atoms with Crippen molar-refractivity contribution < 1.29 is 14.3 Å². The Labute approximate surface area is 157 Å². The van der Waals surface area contributed by atoms with E-state index in [2.05, 4.69) is 12.1 Å². The molecule has 5 nitrogen and oxygen atoms in total. The lowest BCUT2D eigenvalue weighted by Crippen LogP contribution is -2.45. The molecule has 1 aromatic rings. The quantitative estimate of drug-likeness (QED) is 0.850. The van der Waals surface area contributed by atoms with E-state index in [4.69, 9.17) is 10.5 Å². The van der Waals surface area contributed by atoms with Crippen molar-refractivity contribution in [2.24, 2.45) is 11.7 Å². The molecule has 2 saturated heterocycles. The molecule has 2 amide bonds. The Bertz CT molecular complexity index is 603. The summed E-state index contributed by atoms with van der Waals surface area (Å²) in [4.78, 5) is 25.3. The van der Waals surface area contributed by atoms with Crippen molar-refractivity contribution in [2.75, 3.05) is 31.2 Å². The van der Waals surface area contributed by atoms with Crippen LogP contribution in [0, 0.1) is 5.92 Å². The fraction of sp³-hybridized carbons (Fsp3) is 0.556. The molecule has 1 atom stereocenters. The molecule has 2 fully saturated rings. The second-order valence-corrected chi connectivity index (χ2v) is 9.09. The largest absolute Gasteiger partial charge is 0.484 e. The number of ether oxygens (including phenoxy) is 1. The summed E-state index contributed by atoms with van der Waals surface area (Å²) in [5.74, 6) is 2.48. The monoisotopic (exact) mass is 380 g/mol. The molecule has 2 heterocycles. The Morgan fingerprint density at radius 3 is 2.56 bits per heavy atom. The van der Waals surface area contributed by atoms with Crippen molar-refractivity contribution in [1.82, 2.24) is 4.90 Å². The number of carbonyl (C=O) groups is 2. The van der Waals surface area contributed by atoms with Gasteiger partial charge in [0.15, 0.2) is 6.61 Å². The predicted molar refractivity (Wildman–Crippen MR) is 103 cm³/mol. The average molecular weight is 381 g/mol. The highest BCUT2D eigenvalue weighted by molar-refractivity contribution is 8.16. The molecule has 136 valence electrons. The number of hydrogen-bond acceptors (Lipinski definition) is 5. The fourth-order valence-corrected chi connectivity index (χ4v) is 5.97. The van der Waals surface area contributed by atoms with Crippen LogP contribution >= 0.6 is 23.5 Å². The number of thioether (sulfide) groups is 2. The minimum atomic E-state index is -0.326. The molecular weight excluding hydrogens is 356 g/mol. The minimum absolute atomic E-state index is 0.00223. The van der Waals surface area contributed by atoms with Crippen LogP contribution in [-0.2, 0) is 9.59 Å². The van der Waals surface area contributed by atoms with Gasteiger partial charge in [-0.3, -0.25) is 9.59 Å². The molecular formula is C18H24N2O3S2. The maximum Gasteiger partial charge on any atom is 0.260 e. The number of benzene rings is 1. The average Bonchev–Trinajstić information content (AvgIpc) is 2.67. The van der Waals surface area contributed by atoms with Crippen molar-refractivity contribution >= 4 is 35.3 Å². The Morgan fingerprint density at radius 2 is 1.88 bits per heavy atom. The first-order chi connectivity index (χ1) is 12.1. The molecule has 1 aromatic carbocycles. The molecule has 0 aromatic heterocycles. The molecule has 0 spiro atoms. The molecule has 1 unspecified atom stereocenters. The molecule has 2 aliphatic rings. The summed E-state index contributed by atoms with van der Waals surface area (Å²) >= 11 is 3.97. The Morgan fingerprint density at radius 1 is 1.16 bits per heavy atom. The van der Waals surface area contributed by atoms with E-state index in [9.17, 15) is 9.59 Å². The van der Waals surface area contributed by atoms with E-state index in [1.807, 2.05) is 35.7 Å². The van der Waals surface area contributed by atoms with Crippen LogP contribution in [0.3, 0.4) is 0 Å². The number of carbonyl (C=O) groups excluding carboxylic acids is 2. The zero-order valence-electron chi connectivity index (χ0n) is 14.2. The van der Waals surface area contributed by atoms with Crippen LogP contribution in [0.5, 0.6) is 5.75 Å². The summed E-state index contributed by atoms with van der Waals surface area (Å²) in [5.41, 5.74) is 6.66. The van der Waals surface area contributed by atoms with Crippen molar-refractivity contribution in [1.29, 1.82) is 0 Å². The van der Waals surface area contributed by atoms with Gasteiger partial charge in [0.05, 0.1) is 10.5 Å². The van der Waals surface area contributed by atoms with Crippen LogP contribution in [0.4, 0.5) is 0 Å². The maximum atomic E-state index is 12.3. The number of amides is 2. The molecule has 0 bridgehead atoms. The van der Waals surface area contributed by atoms with Gasteiger partial charge in [0, 0.05) is 13.1 Å². The number of hydrogen-bond donors (Lipinski definition) is 1. The van der Waals surface area contributed by atoms with Crippen molar-refractivity contribution in [3.05, 3.63) is 29.8 Å². The molecule has 2 N–H and O–H groups in total. The first kappa shape index (κ1) is 18.5. The van der Waals surface area contributed by atoms with Gasteiger partial charge in [-0.05, 0) is 48.5 Å². The summed E-state index contributed by atoms with van der Waals surface area (Å²) in [7, 11) is 0. The van der Waals surface area contributed by atoms with Crippen LogP contribution in [0.25, 0.3) is 0 Å². The number of likely N-dealkylation sites (tertiary alicyclic amines) is 1. The van der Waals surface area contributed by atoms with Gasteiger partial charge in [-0.15, -0.1) is 23.5 Å². The lowest BCUT2D eigenvalue weighted by Gasteiger charge is -2.31. The highest BCUT2D eigenvalue weighted by Crippen LogP contribution is 2.43. The highest BCUT2D eigenvalue weighted by atomic mass is 32.2. The Kier molecular flexibility index (Phi) is 6.53. The van der Waals surface area contributed by atoms with Crippen LogP contribution in [-0.4, -0.2) is 47.9 Å². The van der Waals surface area contributed by atoms with Crippen LogP contribution in [0.2, 0.25) is 0 Å². The second-order valence-electron chi connectivity index (χ2n) is 6.37. The van der Waals surface area contributed by atoms with Gasteiger partial charge in [0.1, 0.15) is 5.75 Å². The van der Waals surface area contributed by atoms with Gasteiger partial charge >= 0.3 is 0 Å². The molecule has 3 rings (SSSR count). The smallest absolute Gasteiger partial charge is 0.260 e. The highest BCUT2D eigenvalue weighted by Gasteiger charge is 2.27. The van der Waals surface area contributed by atoms with Gasteiger partial charge in [0.2, 0.25) is 5.91 Å². The molecule has 0 saturated carbocycles. The molecule has 2 aliphatic heterocycles. The van der Waals surface area contributed by atoms with E-state index in [-0.39, 0.29) is 24.3 Å². The van der Waals surface area contributed by atoms with Gasteiger partial charge in [-0.1, -0.05) is 12.1 Å².